The van der Waals surface area contributed by atoms with Crippen LogP contribution in [0.5, 0.6) is 5.75 Å². The normalized spacial score (nSPS) is 11.0. The Kier molecular flexibility index (Phi) is 3.09. The largest absolute Gasteiger partial charge is 0.508 e. The van der Waals surface area contributed by atoms with E-state index in [9.17, 15) is 9.90 Å². The number of H-pyrrole nitrogens is 1. The number of aromatic nitrogens is 4. The summed E-state index contributed by atoms with van der Waals surface area (Å²) in [6.07, 6.45) is 0.0898. The summed E-state index contributed by atoms with van der Waals surface area (Å²) in [6, 6.07) is 6.77. The van der Waals surface area contributed by atoms with Gasteiger partial charge in [0.05, 0.1) is 17.5 Å². The minimum absolute atomic E-state index is 0.0898. The van der Waals surface area contributed by atoms with E-state index in [-0.39, 0.29) is 18.1 Å². The maximum absolute atomic E-state index is 12.1. The number of para-hydroxylation sites is 1. The summed E-state index contributed by atoms with van der Waals surface area (Å²) in [5.74, 6) is 0.404. The molecule has 1 aromatic carbocycles. The number of hydrogen-bond acceptors (Lipinski definition) is 4. The number of phenolic OH excluding ortho intramolecular Hbond substituents is 1. The van der Waals surface area contributed by atoms with Crippen LogP contribution in [-0.4, -0.2) is 31.0 Å². The van der Waals surface area contributed by atoms with Crippen LogP contribution >= 0.6 is 0 Å². The van der Waals surface area contributed by atoms with Crippen LogP contribution in [0.2, 0.25) is 0 Å². The first kappa shape index (κ1) is 13.2. The zero-order valence-corrected chi connectivity index (χ0v) is 11.7. The van der Waals surface area contributed by atoms with E-state index in [4.69, 9.17) is 0 Å². The fraction of sp³-hybridized carbons (Fsp3) is 0.214. The monoisotopic (exact) mass is 285 g/mol. The second-order valence-electron chi connectivity index (χ2n) is 4.86. The second-order valence-corrected chi connectivity index (χ2v) is 4.86. The molecule has 0 saturated heterocycles. The number of carbonyl (C=O) groups is 1. The minimum Gasteiger partial charge on any atom is -0.508 e. The molecule has 0 unspecified atom stereocenters. The summed E-state index contributed by atoms with van der Waals surface area (Å²) < 4.78 is 1.65. The number of carbonyl (C=O) groups excluding carboxylic acids is 1. The van der Waals surface area contributed by atoms with Crippen molar-refractivity contribution in [1.82, 2.24) is 20.0 Å². The highest BCUT2D eigenvalue weighted by Gasteiger charge is 2.16. The molecule has 1 amide bonds. The number of aromatic hydroxyl groups is 1. The number of fused-ring (bicyclic) bond motifs is 1. The molecule has 3 rings (SSSR count). The van der Waals surface area contributed by atoms with E-state index in [1.54, 1.807) is 36.0 Å². The van der Waals surface area contributed by atoms with E-state index in [2.05, 4.69) is 20.6 Å². The Hall–Kier alpha value is -2.83. The molecule has 0 aliphatic carbocycles. The molecule has 2 heterocycles. The van der Waals surface area contributed by atoms with Crippen LogP contribution in [0, 0.1) is 6.92 Å². The first-order valence-electron chi connectivity index (χ1n) is 6.50. The van der Waals surface area contributed by atoms with Gasteiger partial charge in [0.25, 0.3) is 0 Å². The summed E-state index contributed by atoms with van der Waals surface area (Å²) in [5.41, 5.74) is 2.05. The Balaban J connectivity index is 1.82. The van der Waals surface area contributed by atoms with Crippen LogP contribution in [-0.2, 0) is 18.3 Å². The predicted octanol–water partition coefficient (Wildman–Crippen LogP) is 1.49. The Morgan fingerprint density at radius 2 is 2.19 bits per heavy atom. The number of anilines is 1. The van der Waals surface area contributed by atoms with Gasteiger partial charge in [0.15, 0.2) is 5.65 Å². The molecule has 21 heavy (non-hydrogen) atoms. The number of rotatable bonds is 3. The lowest BCUT2D eigenvalue weighted by Crippen LogP contribution is -2.15. The van der Waals surface area contributed by atoms with E-state index < -0.39 is 0 Å². The number of aromatic amines is 1. The molecule has 0 aliphatic rings. The molecule has 0 radical (unpaired) electrons. The average molecular weight is 285 g/mol. The summed E-state index contributed by atoms with van der Waals surface area (Å²) in [6.45, 7) is 1.86. The van der Waals surface area contributed by atoms with Crippen molar-refractivity contribution in [1.29, 1.82) is 0 Å². The molecule has 3 aromatic rings. The maximum Gasteiger partial charge on any atom is 0.230 e. The van der Waals surface area contributed by atoms with Crippen molar-refractivity contribution in [3.05, 3.63) is 35.5 Å². The fourth-order valence-corrected chi connectivity index (χ4v) is 2.34. The van der Waals surface area contributed by atoms with Gasteiger partial charge in [0.1, 0.15) is 11.6 Å². The molecule has 0 saturated carbocycles. The molecule has 7 nitrogen and oxygen atoms in total. The Morgan fingerprint density at radius 1 is 1.43 bits per heavy atom. The van der Waals surface area contributed by atoms with Gasteiger partial charge in [0, 0.05) is 12.6 Å². The van der Waals surface area contributed by atoms with Crippen molar-refractivity contribution in [2.75, 3.05) is 5.32 Å². The van der Waals surface area contributed by atoms with Crippen LogP contribution in [0.4, 0.5) is 5.82 Å². The van der Waals surface area contributed by atoms with Gasteiger partial charge in [0.2, 0.25) is 5.91 Å². The van der Waals surface area contributed by atoms with Crippen LogP contribution in [0.3, 0.4) is 0 Å². The molecule has 0 spiro atoms. The Labute approximate surface area is 120 Å². The number of aryl methyl sites for hydroxylation is 2. The first-order chi connectivity index (χ1) is 10.1. The third kappa shape index (κ3) is 2.33. The molecule has 0 aliphatic heterocycles. The third-order valence-electron chi connectivity index (χ3n) is 3.32. The van der Waals surface area contributed by atoms with Gasteiger partial charge in [-0.05, 0) is 13.0 Å². The van der Waals surface area contributed by atoms with E-state index in [1.807, 2.05) is 6.92 Å². The molecule has 0 bridgehead atoms. The highest BCUT2D eigenvalue weighted by Crippen LogP contribution is 2.23. The third-order valence-corrected chi connectivity index (χ3v) is 3.32. The average Bonchev–Trinajstić information content (AvgIpc) is 2.96. The predicted molar refractivity (Wildman–Crippen MR) is 78.0 cm³/mol. The lowest BCUT2D eigenvalue weighted by atomic mass is 10.1. The highest BCUT2D eigenvalue weighted by atomic mass is 16.3. The second kappa shape index (κ2) is 4.93. The van der Waals surface area contributed by atoms with Gasteiger partial charge >= 0.3 is 0 Å². The van der Waals surface area contributed by atoms with E-state index in [0.29, 0.717) is 17.0 Å². The number of benzene rings is 1. The van der Waals surface area contributed by atoms with Crippen molar-refractivity contribution < 1.29 is 9.90 Å². The molecule has 108 valence electrons. The van der Waals surface area contributed by atoms with Crippen molar-refractivity contribution in [3.63, 3.8) is 0 Å². The molecule has 0 atom stereocenters. The summed E-state index contributed by atoms with van der Waals surface area (Å²) in [4.78, 5) is 12.1. The zero-order chi connectivity index (χ0) is 15.0. The number of nitrogens with zero attached hydrogens (tertiary/aromatic N) is 3. The van der Waals surface area contributed by atoms with E-state index >= 15 is 0 Å². The number of amides is 1. The topological polar surface area (TPSA) is 95.8 Å². The van der Waals surface area contributed by atoms with Crippen molar-refractivity contribution in [2.45, 2.75) is 13.3 Å². The van der Waals surface area contributed by atoms with E-state index in [0.717, 1.165) is 11.1 Å². The molecule has 0 fully saturated rings. The molecule has 2 aromatic heterocycles. The maximum atomic E-state index is 12.1. The van der Waals surface area contributed by atoms with Crippen LogP contribution in [0.15, 0.2) is 24.3 Å². The molecular formula is C14H15N5O2. The lowest BCUT2D eigenvalue weighted by molar-refractivity contribution is -0.115. The summed E-state index contributed by atoms with van der Waals surface area (Å²) in [5, 5.41) is 24.4. The lowest BCUT2D eigenvalue weighted by Gasteiger charge is -2.05. The fourth-order valence-electron chi connectivity index (χ4n) is 2.34. The first-order valence-corrected chi connectivity index (χ1v) is 6.50. The van der Waals surface area contributed by atoms with Gasteiger partial charge in [-0.1, -0.05) is 18.2 Å². The molecule has 7 heteroatoms. The van der Waals surface area contributed by atoms with Crippen molar-refractivity contribution >= 4 is 22.8 Å². The quantitative estimate of drug-likeness (QED) is 0.679. The van der Waals surface area contributed by atoms with Crippen LogP contribution < -0.4 is 5.32 Å². The van der Waals surface area contributed by atoms with E-state index in [1.165, 1.54) is 0 Å². The summed E-state index contributed by atoms with van der Waals surface area (Å²) in [7, 11) is 1.80. The number of nitrogens with one attached hydrogen (secondary N) is 2. The Morgan fingerprint density at radius 3 is 2.95 bits per heavy atom. The smallest absolute Gasteiger partial charge is 0.230 e. The summed E-state index contributed by atoms with van der Waals surface area (Å²) >= 11 is 0. The molecular weight excluding hydrogens is 270 g/mol. The van der Waals surface area contributed by atoms with Crippen molar-refractivity contribution in [2.24, 2.45) is 7.05 Å². The van der Waals surface area contributed by atoms with Crippen LogP contribution in [0.25, 0.3) is 11.0 Å². The van der Waals surface area contributed by atoms with Gasteiger partial charge in [-0.25, -0.2) is 4.68 Å². The number of phenols is 1. The van der Waals surface area contributed by atoms with Gasteiger partial charge < -0.3 is 10.4 Å². The zero-order valence-electron chi connectivity index (χ0n) is 11.7. The van der Waals surface area contributed by atoms with Gasteiger partial charge in [-0.2, -0.15) is 10.2 Å². The standard InChI is InChI=1S/C14H15N5O2/c1-8-12-13(16-17-14(12)19(2)18-8)15-11(21)7-9-5-3-4-6-10(9)20/h3-6,20H,7H2,1-2H3,(H2,15,16,17,21). The number of hydrogen-bond donors (Lipinski definition) is 3. The Bertz CT molecular complexity index is 818. The van der Waals surface area contributed by atoms with Gasteiger partial charge in [-0.3, -0.25) is 9.89 Å². The SMILES string of the molecule is Cc1nn(C)c2n[nH]c(NC(=O)Cc3ccccc3O)c12. The minimum atomic E-state index is -0.231. The highest BCUT2D eigenvalue weighted by molar-refractivity contribution is 6.00. The van der Waals surface area contributed by atoms with Gasteiger partial charge in [-0.15, -0.1) is 0 Å². The van der Waals surface area contributed by atoms with Crippen LogP contribution in [0.1, 0.15) is 11.3 Å². The van der Waals surface area contributed by atoms with Crippen molar-refractivity contribution in [3.8, 4) is 5.75 Å². The molecule has 3 N–H and O–H groups in total.